The number of H-pyrrole nitrogens is 1. The number of aromatic nitrogens is 4. The number of aryl methyl sites for hydroxylation is 2. The predicted octanol–water partition coefficient (Wildman–Crippen LogP) is -0.557. The van der Waals surface area contributed by atoms with Gasteiger partial charge in [-0.15, -0.1) is 0 Å². The Kier molecular flexibility index (Phi) is 1.77. The van der Waals surface area contributed by atoms with E-state index < -0.39 is 5.69 Å². The van der Waals surface area contributed by atoms with Crippen LogP contribution in [0.3, 0.4) is 0 Å². The van der Waals surface area contributed by atoms with Gasteiger partial charge in [0.2, 0.25) is 0 Å². The summed E-state index contributed by atoms with van der Waals surface area (Å²) in [5.74, 6) is 0. The molecule has 0 bridgehead atoms. The SMILES string of the molecule is CCn1cnc2c1c(=O)[nH]c(=O)n2C. The largest absolute Gasteiger partial charge is 0.329 e. The van der Waals surface area contributed by atoms with Crippen molar-refractivity contribution in [3.8, 4) is 0 Å². The smallest absolute Gasteiger partial charge is 0.325 e. The highest BCUT2D eigenvalue weighted by atomic mass is 16.2. The fourth-order valence-corrected chi connectivity index (χ4v) is 1.43. The first-order valence-corrected chi connectivity index (χ1v) is 4.29. The van der Waals surface area contributed by atoms with Crippen molar-refractivity contribution in [1.82, 2.24) is 19.1 Å². The Balaban J connectivity index is 3.05. The van der Waals surface area contributed by atoms with Gasteiger partial charge in [0.05, 0.1) is 6.33 Å². The van der Waals surface area contributed by atoms with Crippen LogP contribution in [0.1, 0.15) is 6.92 Å². The van der Waals surface area contributed by atoms with E-state index in [1.54, 1.807) is 17.9 Å². The molecule has 2 aromatic rings. The summed E-state index contributed by atoms with van der Waals surface area (Å²) in [4.78, 5) is 28.9. The highest BCUT2D eigenvalue weighted by Crippen LogP contribution is 2.03. The number of imidazole rings is 1. The normalized spacial score (nSPS) is 11.0. The molecule has 0 aromatic carbocycles. The molecule has 0 aliphatic carbocycles. The zero-order chi connectivity index (χ0) is 10.3. The van der Waals surface area contributed by atoms with E-state index in [0.29, 0.717) is 17.7 Å². The molecule has 2 heterocycles. The van der Waals surface area contributed by atoms with Gasteiger partial charge in [0.15, 0.2) is 11.2 Å². The molecule has 2 rings (SSSR count). The molecule has 0 saturated heterocycles. The second kappa shape index (κ2) is 2.83. The van der Waals surface area contributed by atoms with Gasteiger partial charge >= 0.3 is 5.69 Å². The summed E-state index contributed by atoms with van der Waals surface area (Å²) in [7, 11) is 1.58. The summed E-state index contributed by atoms with van der Waals surface area (Å²) in [5.41, 5.74) is 0.0292. The summed E-state index contributed by atoms with van der Waals surface area (Å²) in [6, 6.07) is 0. The molecular weight excluding hydrogens is 184 g/mol. The molecule has 14 heavy (non-hydrogen) atoms. The third-order valence-corrected chi connectivity index (χ3v) is 2.22. The third-order valence-electron chi connectivity index (χ3n) is 2.22. The summed E-state index contributed by atoms with van der Waals surface area (Å²) in [6.07, 6.45) is 1.55. The van der Waals surface area contributed by atoms with Crippen LogP contribution in [0.2, 0.25) is 0 Å². The number of hydrogen-bond donors (Lipinski definition) is 1. The molecule has 6 nitrogen and oxygen atoms in total. The monoisotopic (exact) mass is 194 g/mol. The molecule has 6 heteroatoms. The minimum Gasteiger partial charge on any atom is -0.325 e. The number of nitrogens with one attached hydrogen (secondary N) is 1. The lowest BCUT2D eigenvalue weighted by Crippen LogP contribution is -2.29. The summed E-state index contributed by atoms with van der Waals surface area (Å²) < 4.78 is 3.02. The molecule has 0 radical (unpaired) electrons. The number of fused-ring (bicyclic) bond motifs is 1. The number of rotatable bonds is 1. The summed E-state index contributed by atoms with van der Waals surface area (Å²) in [6.45, 7) is 2.56. The zero-order valence-corrected chi connectivity index (χ0v) is 7.94. The van der Waals surface area contributed by atoms with E-state index in [1.807, 2.05) is 6.92 Å². The Hall–Kier alpha value is -1.85. The van der Waals surface area contributed by atoms with Crippen LogP contribution >= 0.6 is 0 Å². The summed E-state index contributed by atoms with van der Waals surface area (Å²) in [5, 5.41) is 0. The molecule has 0 fully saturated rings. The first-order chi connectivity index (χ1) is 6.65. The van der Waals surface area contributed by atoms with Gasteiger partial charge in [-0.3, -0.25) is 14.3 Å². The lowest BCUT2D eigenvalue weighted by molar-refractivity contribution is 0.777. The van der Waals surface area contributed by atoms with E-state index >= 15 is 0 Å². The van der Waals surface area contributed by atoms with Crippen LogP contribution in [0, 0.1) is 0 Å². The predicted molar refractivity (Wildman–Crippen MR) is 51.3 cm³/mol. The van der Waals surface area contributed by atoms with E-state index in [1.165, 1.54) is 4.57 Å². The van der Waals surface area contributed by atoms with Gasteiger partial charge in [-0.2, -0.15) is 0 Å². The van der Waals surface area contributed by atoms with Gasteiger partial charge in [0, 0.05) is 13.6 Å². The van der Waals surface area contributed by atoms with Gasteiger partial charge < -0.3 is 4.57 Å². The average Bonchev–Trinajstić information content (AvgIpc) is 2.58. The van der Waals surface area contributed by atoms with Gasteiger partial charge in [0.25, 0.3) is 5.56 Å². The van der Waals surface area contributed by atoms with Crippen LogP contribution in [-0.2, 0) is 13.6 Å². The molecule has 2 aromatic heterocycles. The van der Waals surface area contributed by atoms with E-state index in [9.17, 15) is 9.59 Å². The van der Waals surface area contributed by atoms with E-state index in [-0.39, 0.29) is 5.56 Å². The van der Waals surface area contributed by atoms with Crippen molar-refractivity contribution in [2.45, 2.75) is 13.5 Å². The molecule has 0 aliphatic heterocycles. The minimum absolute atomic E-state index is 0.387. The second-order valence-corrected chi connectivity index (χ2v) is 3.02. The van der Waals surface area contributed by atoms with Crippen molar-refractivity contribution < 1.29 is 0 Å². The fraction of sp³-hybridized carbons (Fsp3) is 0.375. The first kappa shape index (κ1) is 8.74. The lowest BCUT2D eigenvalue weighted by atomic mass is 10.5. The van der Waals surface area contributed by atoms with Crippen LogP contribution in [0.5, 0.6) is 0 Å². The topological polar surface area (TPSA) is 72.7 Å². The van der Waals surface area contributed by atoms with Crippen molar-refractivity contribution in [1.29, 1.82) is 0 Å². The molecule has 1 N–H and O–H groups in total. The minimum atomic E-state index is -0.441. The van der Waals surface area contributed by atoms with E-state index in [0.717, 1.165) is 0 Å². The maximum Gasteiger partial charge on any atom is 0.329 e. The fourth-order valence-electron chi connectivity index (χ4n) is 1.43. The molecule has 0 unspecified atom stereocenters. The molecule has 0 spiro atoms. The Morgan fingerprint density at radius 1 is 1.50 bits per heavy atom. The lowest BCUT2D eigenvalue weighted by Gasteiger charge is -1.99. The van der Waals surface area contributed by atoms with Crippen molar-refractivity contribution in [2.24, 2.45) is 7.05 Å². The number of nitrogens with zero attached hydrogens (tertiary/aromatic N) is 3. The quantitative estimate of drug-likeness (QED) is 0.661. The van der Waals surface area contributed by atoms with E-state index in [4.69, 9.17) is 0 Å². The number of hydrogen-bond acceptors (Lipinski definition) is 3. The van der Waals surface area contributed by atoms with Crippen LogP contribution in [0.4, 0.5) is 0 Å². The van der Waals surface area contributed by atoms with Crippen LogP contribution in [0.25, 0.3) is 11.2 Å². The standard InChI is InChI=1S/C8H10N4O2/c1-3-12-4-9-6-5(12)7(13)10-8(14)11(6)2/h4H,3H2,1-2H3,(H,10,13,14). The molecule has 74 valence electrons. The molecule has 0 amide bonds. The van der Waals surface area contributed by atoms with Crippen molar-refractivity contribution >= 4 is 11.2 Å². The van der Waals surface area contributed by atoms with Gasteiger partial charge in [-0.25, -0.2) is 9.78 Å². The number of aromatic amines is 1. The van der Waals surface area contributed by atoms with Crippen LogP contribution < -0.4 is 11.2 Å². The Morgan fingerprint density at radius 2 is 2.21 bits per heavy atom. The maximum atomic E-state index is 11.5. The maximum absolute atomic E-state index is 11.5. The van der Waals surface area contributed by atoms with Crippen molar-refractivity contribution in [2.75, 3.05) is 0 Å². The molecule has 0 aliphatic rings. The average molecular weight is 194 g/mol. The molecule has 0 atom stereocenters. The van der Waals surface area contributed by atoms with Gasteiger partial charge in [-0.1, -0.05) is 0 Å². The highest BCUT2D eigenvalue weighted by molar-refractivity contribution is 5.69. The van der Waals surface area contributed by atoms with Crippen molar-refractivity contribution in [3.63, 3.8) is 0 Å². The third kappa shape index (κ3) is 1.00. The van der Waals surface area contributed by atoms with Gasteiger partial charge in [0.1, 0.15) is 0 Å². The Morgan fingerprint density at radius 3 is 2.86 bits per heavy atom. The Labute approximate surface area is 78.8 Å². The first-order valence-electron chi connectivity index (χ1n) is 4.29. The van der Waals surface area contributed by atoms with Crippen molar-refractivity contribution in [3.05, 3.63) is 27.2 Å². The Bertz CT molecular complexity index is 589. The summed E-state index contributed by atoms with van der Waals surface area (Å²) >= 11 is 0. The molecule has 0 saturated carbocycles. The highest BCUT2D eigenvalue weighted by Gasteiger charge is 2.09. The zero-order valence-electron chi connectivity index (χ0n) is 7.94. The van der Waals surface area contributed by atoms with Crippen LogP contribution in [-0.4, -0.2) is 19.1 Å². The van der Waals surface area contributed by atoms with Gasteiger partial charge in [-0.05, 0) is 6.92 Å². The van der Waals surface area contributed by atoms with Crippen LogP contribution in [0.15, 0.2) is 15.9 Å². The molecular formula is C8H10N4O2. The second-order valence-electron chi connectivity index (χ2n) is 3.02. The van der Waals surface area contributed by atoms with E-state index in [2.05, 4.69) is 9.97 Å².